The first-order valence-corrected chi connectivity index (χ1v) is 15.2. The number of imidazole rings is 1. The maximum atomic E-state index is 15.6. The molecule has 1 aromatic carbocycles. The second-order valence-corrected chi connectivity index (χ2v) is 12.8. The molecule has 8 rings (SSSR count). The van der Waals surface area contributed by atoms with Crippen molar-refractivity contribution in [3.8, 4) is 11.1 Å². The van der Waals surface area contributed by atoms with E-state index in [9.17, 15) is 14.4 Å². The maximum Gasteiger partial charge on any atom is 0.407 e. The Balaban J connectivity index is 1.04. The molecule has 1 spiro atoms. The fourth-order valence-electron chi connectivity index (χ4n) is 6.93. The zero-order chi connectivity index (χ0) is 30.2. The van der Waals surface area contributed by atoms with Crippen molar-refractivity contribution in [3.63, 3.8) is 0 Å². The fraction of sp³-hybridized carbons (Fsp3) is 0.333. The van der Waals surface area contributed by atoms with E-state index in [0.717, 1.165) is 44.0 Å². The number of carbonyl (C=O) groups is 3. The third-order valence-corrected chi connectivity index (χ3v) is 9.76. The summed E-state index contributed by atoms with van der Waals surface area (Å²) in [5, 5.41) is 14.1. The monoisotopic (exact) mass is 614 g/mol. The van der Waals surface area contributed by atoms with Gasteiger partial charge in [-0.25, -0.2) is 24.1 Å². The van der Waals surface area contributed by atoms with Crippen LogP contribution in [0.4, 0.5) is 20.1 Å². The lowest BCUT2D eigenvalue weighted by atomic mass is 9.73. The number of fused-ring (bicyclic) bond motifs is 2. The highest BCUT2D eigenvalue weighted by molar-refractivity contribution is 7.13. The Bertz CT molecular complexity index is 1810. The second-order valence-electron chi connectivity index (χ2n) is 11.9. The van der Waals surface area contributed by atoms with Crippen LogP contribution in [-0.2, 0) is 24.3 Å². The van der Waals surface area contributed by atoms with Crippen molar-refractivity contribution in [3.05, 3.63) is 76.7 Å². The number of anilines is 2. The van der Waals surface area contributed by atoms with Crippen LogP contribution >= 0.6 is 11.3 Å². The van der Waals surface area contributed by atoms with Gasteiger partial charge in [0.1, 0.15) is 11.6 Å². The topological polar surface area (TPSA) is 137 Å². The molecule has 1 unspecified atom stereocenters. The summed E-state index contributed by atoms with van der Waals surface area (Å²) in [5.74, 6) is -0.644. The third kappa shape index (κ3) is 4.23. The summed E-state index contributed by atoms with van der Waals surface area (Å²) in [6, 6.07) is 5.72. The lowest BCUT2D eigenvalue weighted by Crippen LogP contribution is -2.73. The molecule has 7 heterocycles. The molecule has 3 amide bonds. The molecule has 4 aliphatic heterocycles. The lowest BCUT2D eigenvalue weighted by Gasteiger charge is -2.59. The van der Waals surface area contributed by atoms with Gasteiger partial charge in [-0.1, -0.05) is 0 Å². The van der Waals surface area contributed by atoms with Gasteiger partial charge in [0.25, 0.3) is 11.8 Å². The van der Waals surface area contributed by atoms with E-state index < -0.39 is 29.8 Å². The summed E-state index contributed by atoms with van der Waals surface area (Å²) in [6.45, 7) is 3.27. The van der Waals surface area contributed by atoms with Crippen LogP contribution in [0.25, 0.3) is 11.1 Å². The predicted molar refractivity (Wildman–Crippen MR) is 158 cm³/mol. The highest BCUT2D eigenvalue weighted by atomic mass is 32.1. The molecule has 2 N–H and O–H groups in total. The highest BCUT2D eigenvalue weighted by Crippen LogP contribution is 2.42. The van der Waals surface area contributed by atoms with Gasteiger partial charge in [-0.05, 0) is 42.7 Å². The van der Waals surface area contributed by atoms with Crippen molar-refractivity contribution in [2.45, 2.75) is 32.0 Å². The summed E-state index contributed by atoms with van der Waals surface area (Å²) in [5.41, 5.74) is 3.03. The summed E-state index contributed by atoms with van der Waals surface area (Å²) in [4.78, 5) is 56.8. The van der Waals surface area contributed by atoms with E-state index in [1.807, 2.05) is 16.7 Å². The zero-order valence-corrected chi connectivity index (χ0v) is 24.3. The van der Waals surface area contributed by atoms with Crippen LogP contribution in [0.2, 0.25) is 0 Å². The number of aromatic nitrogens is 4. The SMILES string of the molecule is O=C(Nc1nccs1)C(c1ncn2c1CCC2)N1Cc2c(F)cc(-c3ccc(N4CC5(CN(C(=O)O)C5)C4)nc3)cc2C1=O. The van der Waals surface area contributed by atoms with Crippen LogP contribution in [0.5, 0.6) is 0 Å². The Hall–Kier alpha value is -4.85. The van der Waals surface area contributed by atoms with Gasteiger partial charge >= 0.3 is 6.09 Å². The van der Waals surface area contributed by atoms with Crippen LogP contribution in [0.15, 0.2) is 48.4 Å². The smallest absolute Gasteiger partial charge is 0.407 e. The summed E-state index contributed by atoms with van der Waals surface area (Å²) >= 11 is 1.27. The van der Waals surface area contributed by atoms with Crippen LogP contribution < -0.4 is 10.2 Å². The number of carbonyl (C=O) groups excluding carboxylic acids is 2. The van der Waals surface area contributed by atoms with E-state index in [0.29, 0.717) is 35.0 Å². The Morgan fingerprint density at radius 3 is 2.66 bits per heavy atom. The number of halogens is 1. The summed E-state index contributed by atoms with van der Waals surface area (Å²) in [7, 11) is 0. The molecule has 12 nitrogen and oxygen atoms in total. The Kier molecular flexibility index (Phi) is 5.98. The molecule has 0 bridgehead atoms. The van der Waals surface area contributed by atoms with Gasteiger partial charge in [-0.15, -0.1) is 11.3 Å². The number of hydrogen-bond donors (Lipinski definition) is 2. The average molecular weight is 615 g/mol. The average Bonchev–Trinajstić information content (AvgIpc) is 3.76. The number of carboxylic acid groups (broad SMARTS) is 1. The number of benzene rings is 1. The van der Waals surface area contributed by atoms with Crippen molar-refractivity contribution in [1.29, 1.82) is 0 Å². The first-order valence-electron chi connectivity index (χ1n) is 14.4. The molecule has 3 aromatic heterocycles. The molecule has 0 saturated carbocycles. The van der Waals surface area contributed by atoms with Crippen molar-refractivity contribution in [1.82, 2.24) is 29.3 Å². The van der Waals surface area contributed by atoms with E-state index in [1.54, 1.807) is 30.2 Å². The molecule has 2 saturated heterocycles. The second kappa shape index (κ2) is 9.84. The minimum atomic E-state index is -1.05. The van der Waals surface area contributed by atoms with E-state index in [-0.39, 0.29) is 23.1 Å². The van der Waals surface area contributed by atoms with Gasteiger partial charge in [-0.2, -0.15) is 0 Å². The molecule has 1 atom stereocenters. The van der Waals surface area contributed by atoms with E-state index in [2.05, 4.69) is 25.2 Å². The van der Waals surface area contributed by atoms with Gasteiger partial charge in [0, 0.05) is 78.3 Å². The molecule has 224 valence electrons. The molecule has 4 aliphatic rings. The third-order valence-electron chi connectivity index (χ3n) is 9.07. The highest BCUT2D eigenvalue weighted by Gasteiger charge is 2.53. The van der Waals surface area contributed by atoms with Gasteiger partial charge < -0.3 is 24.4 Å². The Morgan fingerprint density at radius 2 is 1.93 bits per heavy atom. The summed E-state index contributed by atoms with van der Waals surface area (Å²) < 4.78 is 17.6. The van der Waals surface area contributed by atoms with Crippen molar-refractivity contribution in [2.24, 2.45) is 5.41 Å². The molecular weight excluding hydrogens is 587 g/mol. The largest absolute Gasteiger partial charge is 0.465 e. The number of nitrogens with one attached hydrogen (secondary N) is 1. The molecule has 4 aromatic rings. The quantitative estimate of drug-likeness (QED) is 0.336. The van der Waals surface area contributed by atoms with Gasteiger partial charge in [-0.3, -0.25) is 14.9 Å². The first kappa shape index (κ1) is 26.8. The van der Waals surface area contributed by atoms with Crippen LogP contribution in [0.1, 0.15) is 39.8 Å². The Morgan fingerprint density at radius 1 is 1.09 bits per heavy atom. The van der Waals surface area contributed by atoms with Crippen LogP contribution in [0.3, 0.4) is 0 Å². The fourth-order valence-corrected chi connectivity index (χ4v) is 7.47. The van der Waals surface area contributed by atoms with Gasteiger partial charge in [0.2, 0.25) is 0 Å². The maximum absolute atomic E-state index is 15.6. The number of pyridine rings is 1. The number of amides is 3. The minimum Gasteiger partial charge on any atom is -0.465 e. The zero-order valence-electron chi connectivity index (χ0n) is 23.4. The lowest BCUT2D eigenvalue weighted by molar-refractivity contribution is -0.121. The number of likely N-dealkylation sites (tertiary alicyclic amines) is 1. The van der Waals surface area contributed by atoms with Gasteiger partial charge in [0.15, 0.2) is 11.2 Å². The normalized spacial score (nSPS) is 18.6. The molecule has 2 fully saturated rings. The van der Waals surface area contributed by atoms with E-state index >= 15 is 4.39 Å². The first-order chi connectivity index (χ1) is 21.3. The summed E-state index contributed by atoms with van der Waals surface area (Å²) in [6.07, 6.45) is 5.71. The van der Waals surface area contributed by atoms with E-state index in [4.69, 9.17) is 5.11 Å². The number of nitrogens with zero attached hydrogens (tertiary/aromatic N) is 7. The van der Waals surface area contributed by atoms with Crippen LogP contribution in [0, 0.1) is 11.2 Å². The number of aryl methyl sites for hydroxylation is 1. The molecular formula is C30H27FN8O4S. The molecule has 0 radical (unpaired) electrons. The van der Waals surface area contributed by atoms with Gasteiger partial charge in [0.05, 0.1) is 18.6 Å². The Labute approximate surface area is 254 Å². The molecule has 44 heavy (non-hydrogen) atoms. The minimum absolute atomic E-state index is 0.000212. The van der Waals surface area contributed by atoms with Crippen LogP contribution in [-0.4, -0.2) is 78.5 Å². The number of thiazole rings is 1. The number of hydrogen-bond acceptors (Lipinski definition) is 8. The van der Waals surface area contributed by atoms with Crippen molar-refractivity contribution in [2.75, 3.05) is 36.4 Å². The standard InChI is InChI=1S/C30H27FN8O4S/c31-21-9-18(17-3-4-23(33-10-17)37-12-30(13-37)14-38(15-30)29(42)43)8-19-20(21)11-39(27(19)41)25(26(40)35-28-32-5-7-44-28)24-22-2-1-6-36(22)16-34-24/h3-5,7-10,16,25H,1-2,6,11-15H2,(H,42,43)(H,32,35,40). The molecule has 0 aliphatic carbocycles. The number of rotatable bonds is 6. The van der Waals surface area contributed by atoms with Crippen molar-refractivity contribution >= 4 is 40.2 Å². The molecule has 14 heteroatoms. The predicted octanol–water partition coefficient (Wildman–Crippen LogP) is 3.62. The van der Waals surface area contributed by atoms with Crippen molar-refractivity contribution < 1.29 is 23.9 Å². The van der Waals surface area contributed by atoms with E-state index in [1.165, 1.54) is 27.2 Å².